The Bertz CT molecular complexity index is 913. The van der Waals surface area contributed by atoms with E-state index in [4.69, 9.17) is 14.2 Å². The Morgan fingerprint density at radius 3 is 0.933 bits per heavy atom. The van der Waals surface area contributed by atoms with Crippen LogP contribution in [0.5, 0.6) is 0 Å². The molecule has 0 aromatic heterocycles. The van der Waals surface area contributed by atoms with Crippen molar-refractivity contribution in [2.75, 3.05) is 19.8 Å². The summed E-state index contributed by atoms with van der Waals surface area (Å²) in [7, 11) is 0. The van der Waals surface area contributed by atoms with Crippen molar-refractivity contribution < 1.29 is 23.8 Å². The first-order valence-corrected chi connectivity index (χ1v) is 26.9. The maximum absolute atomic E-state index is 12.6. The molecule has 0 aromatic carbocycles. The smallest absolute Gasteiger partial charge is 0.305 e. The van der Waals surface area contributed by atoms with Gasteiger partial charge in [0.25, 0.3) is 0 Å². The van der Waals surface area contributed by atoms with Gasteiger partial charge in [0.05, 0.1) is 0 Å². The van der Waals surface area contributed by atoms with Crippen LogP contribution in [0.15, 0.2) is 24.3 Å². The summed E-state index contributed by atoms with van der Waals surface area (Å²) >= 11 is 0. The van der Waals surface area contributed by atoms with E-state index in [0.717, 1.165) is 51.4 Å². The molecule has 5 heteroatoms. The van der Waals surface area contributed by atoms with Gasteiger partial charge in [0, 0.05) is 19.4 Å². The zero-order valence-electron chi connectivity index (χ0n) is 40.7. The quantitative estimate of drug-likeness (QED) is 0.0347. The van der Waals surface area contributed by atoms with Crippen molar-refractivity contribution in [1.82, 2.24) is 0 Å². The molecule has 0 saturated heterocycles. The molecule has 0 fully saturated rings. The van der Waals surface area contributed by atoms with E-state index in [9.17, 15) is 9.59 Å². The highest BCUT2D eigenvalue weighted by atomic mass is 16.6. The van der Waals surface area contributed by atoms with Crippen molar-refractivity contribution in [3.05, 3.63) is 24.3 Å². The summed E-state index contributed by atoms with van der Waals surface area (Å²) in [4.78, 5) is 25.2. The largest absolute Gasteiger partial charge is 0.463 e. The fourth-order valence-electron chi connectivity index (χ4n) is 7.87. The fourth-order valence-corrected chi connectivity index (χ4v) is 7.87. The molecule has 5 nitrogen and oxygen atoms in total. The van der Waals surface area contributed by atoms with Crippen LogP contribution in [0.2, 0.25) is 0 Å². The van der Waals surface area contributed by atoms with E-state index in [0.29, 0.717) is 19.4 Å². The van der Waals surface area contributed by atoms with E-state index in [1.807, 2.05) is 0 Å². The van der Waals surface area contributed by atoms with Gasteiger partial charge in [-0.3, -0.25) is 9.59 Å². The summed E-state index contributed by atoms with van der Waals surface area (Å²) in [6.45, 7) is 7.73. The molecule has 0 aliphatic heterocycles. The summed E-state index contributed by atoms with van der Waals surface area (Å²) in [6.07, 6.45) is 60.7. The van der Waals surface area contributed by atoms with Crippen LogP contribution in [0.25, 0.3) is 0 Å². The molecule has 0 heterocycles. The third kappa shape index (κ3) is 49.0. The Labute approximate surface area is 375 Å². The molecule has 0 aliphatic rings. The van der Waals surface area contributed by atoms with Crippen molar-refractivity contribution in [3.8, 4) is 0 Å². The molecule has 0 spiro atoms. The van der Waals surface area contributed by atoms with Gasteiger partial charge in [0.15, 0.2) is 0 Å². The molecule has 0 saturated carbocycles. The van der Waals surface area contributed by atoms with Gasteiger partial charge >= 0.3 is 11.9 Å². The Kier molecular flexibility index (Phi) is 50.3. The van der Waals surface area contributed by atoms with Gasteiger partial charge in [-0.25, -0.2) is 0 Å². The Balaban J connectivity index is 4.20. The molecule has 60 heavy (non-hydrogen) atoms. The molecule has 0 aromatic rings. The zero-order chi connectivity index (χ0) is 43.5. The van der Waals surface area contributed by atoms with Gasteiger partial charge in [0.2, 0.25) is 0 Å². The average molecular weight is 845 g/mol. The molecule has 0 N–H and O–H groups in total. The minimum atomic E-state index is -0.398. The lowest BCUT2D eigenvalue weighted by molar-refractivity contribution is -0.155. The molecule has 0 unspecified atom stereocenters. The molecular weight excluding hydrogens is 741 g/mol. The predicted molar refractivity (Wildman–Crippen MR) is 261 cm³/mol. The van der Waals surface area contributed by atoms with E-state index < -0.39 is 6.10 Å². The van der Waals surface area contributed by atoms with Crippen molar-refractivity contribution in [2.45, 2.75) is 297 Å². The molecule has 0 bridgehead atoms. The lowest BCUT2D eigenvalue weighted by atomic mass is 10.0. The highest BCUT2D eigenvalue weighted by molar-refractivity contribution is 5.69. The van der Waals surface area contributed by atoms with Crippen LogP contribution in [0.3, 0.4) is 0 Å². The maximum Gasteiger partial charge on any atom is 0.305 e. The monoisotopic (exact) mass is 845 g/mol. The van der Waals surface area contributed by atoms with Gasteiger partial charge in [-0.1, -0.05) is 238 Å². The van der Waals surface area contributed by atoms with Crippen LogP contribution in [-0.4, -0.2) is 37.9 Å². The first-order valence-electron chi connectivity index (χ1n) is 26.9. The SMILES string of the molecule is CCCC/C=C\CCCCCCCC(=O)OC[C@@H](COC(=O)CCCCCCCCC/C=C\CCCCCCCC)OCCCCCCCCCCCCCCCCCC. The van der Waals surface area contributed by atoms with E-state index in [1.54, 1.807) is 0 Å². The molecule has 0 amide bonds. The lowest BCUT2D eigenvalue weighted by Gasteiger charge is -2.18. The van der Waals surface area contributed by atoms with Gasteiger partial charge in [0.1, 0.15) is 19.3 Å². The summed E-state index contributed by atoms with van der Waals surface area (Å²) < 4.78 is 17.4. The molecule has 1 atom stereocenters. The molecule has 0 aliphatic carbocycles. The second-order valence-corrected chi connectivity index (χ2v) is 18.1. The van der Waals surface area contributed by atoms with E-state index in [-0.39, 0.29) is 25.2 Å². The number of ether oxygens (including phenoxy) is 3. The van der Waals surface area contributed by atoms with E-state index in [2.05, 4.69) is 45.1 Å². The van der Waals surface area contributed by atoms with Crippen molar-refractivity contribution in [1.29, 1.82) is 0 Å². The lowest BCUT2D eigenvalue weighted by Crippen LogP contribution is -2.29. The minimum absolute atomic E-state index is 0.157. The number of hydrogen-bond donors (Lipinski definition) is 0. The third-order valence-electron chi connectivity index (χ3n) is 12.0. The Hall–Kier alpha value is -1.62. The molecular formula is C55H104O5. The van der Waals surface area contributed by atoms with Gasteiger partial charge in [-0.15, -0.1) is 0 Å². The number of unbranched alkanes of at least 4 members (excludes halogenated alkanes) is 35. The standard InChI is InChI=1S/C55H104O5/c1-4-7-10-13-16-19-22-24-26-28-29-31-34-37-40-43-46-49-55(57)60-52-53(51-59-54(56)48-45-42-39-36-33-21-18-15-12-9-6-3)58-50-47-44-41-38-35-32-30-27-25-23-20-17-14-11-8-5-2/h15,18,24,26,53H,4-14,16-17,19-23,25,27-52H2,1-3H3/b18-15-,26-24-/t53-/m0/s1. The summed E-state index contributed by atoms with van der Waals surface area (Å²) in [6, 6.07) is 0. The zero-order valence-corrected chi connectivity index (χ0v) is 40.7. The third-order valence-corrected chi connectivity index (χ3v) is 12.0. The van der Waals surface area contributed by atoms with Crippen LogP contribution >= 0.6 is 0 Å². The Morgan fingerprint density at radius 1 is 0.333 bits per heavy atom. The highest BCUT2D eigenvalue weighted by Gasteiger charge is 2.16. The number of esters is 2. The van der Waals surface area contributed by atoms with Crippen molar-refractivity contribution >= 4 is 11.9 Å². The predicted octanol–water partition coefficient (Wildman–Crippen LogP) is 18.0. The van der Waals surface area contributed by atoms with Crippen LogP contribution in [-0.2, 0) is 23.8 Å². The summed E-state index contributed by atoms with van der Waals surface area (Å²) in [5.41, 5.74) is 0. The van der Waals surface area contributed by atoms with Gasteiger partial charge in [-0.05, 0) is 64.2 Å². The second kappa shape index (κ2) is 51.7. The first-order chi connectivity index (χ1) is 29.6. The number of allylic oxidation sites excluding steroid dienone is 4. The van der Waals surface area contributed by atoms with Crippen LogP contribution in [0.4, 0.5) is 0 Å². The van der Waals surface area contributed by atoms with Crippen LogP contribution in [0, 0.1) is 0 Å². The fraction of sp³-hybridized carbons (Fsp3) is 0.891. The number of hydrogen-bond acceptors (Lipinski definition) is 5. The number of rotatable bonds is 50. The number of carbonyl (C=O) groups is 2. The topological polar surface area (TPSA) is 61.8 Å². The summed E-state index contributed by atoms with van der Waals surface area (Å²) in [5.74, 6) is -0.335. The van der Waals surface area contributed by atoms with Gasteiger partial charge < -0.3 is 14.2 Å². The molecule has 0 rings (SSSR count). The Morgan fingerprint density at radius 2 is 0.600 bits per heavy atom. The van der Waals surface area contributed by atoms with Crippen molar-refractivity contribution in [3.63, 3.8) is 0 Å². The average Bonchev–Trinajstić information content (AvgIpc) is 3.25. The highest BCUT2D eigenvalue weighted by Crippen LogP contribution is 2.16. The first kappa shape index (κ1) is 58.4. The minimum Gasteiger partial charge on any atom is -0.463 e. The van der Waals surface area contributed by atoms with Crippen LogP contribution in [0.1, 0.15) is 290 Å². The second-order valence-electron chi connectivity index (χ2n) is 18.1. The summed E-state index contributed by atoms with van der Waals surface area (Å²) in [5, 5.41) is 0. The van der Waals surface area contributed by atoms with Gasteiger partial charge in [-0.2, -0.15) is 0 Å². The normalized spacial score (nSPS) is 12.2. The maximum atomic E-state index is 12.6. The van der Waals surface area contributed by atoms with E-state index >= 15 is 0 Å². The molecule has 0 radical (unpaired) electrons. The van der Waals surface area contributed by atoms with Crippen molar-refractivity contribution in [2.24, 2.45) is 0 Å². The molecule has 354 valence electrons. The number of carbonyl (C=O) groups excluding carboxylic acids is 2. The van der Waals surface area contributed by atoms with Crippen LogP contribution < -0.4 is 0 Å². The van der Waals surface area contributed by atoms with E-state index in [1.165, 1.54) is 205 Å².